The van der Waals surface area contributed by atoms with Gasteiger partial charge in [-0.15, -0.1) is 0 Å². The number of nitrogens with zero attached hydrogens (tertiary/aromatic N) is 1. The van der Waals surface area contributed by atoms with Gasteiger partial charge in [0.25, 0.3) is 0 Å². The fraction of sp³-hybridized carbons (Fsp3) is 0.462. The fourth-order valence-corrected chi connectivity index (χ4v) is 2.48. The average Bonchev–Trinajstić information content (AvgIpc) is 2.74. The number of H-pyrrole nitrogens is 1. The summed E-state index contributed by atoms with van der Waals surface area (Å²) in [6.07, 6.45) is 3.95. The maximum atomic E-state index is 9.90. The van der Waals surface area contributed by atoms with Gasteiger partial charge in [-0.05, 0) is 25.0 Å². The molecule has 0 amide bonds. The summed E-state index contributed by atoms with van der Waals surface area (Å²) in [5.74, 6) is 0.761. The lowest BCUT2D eigenvalue weighted by Gasteiger charge is -2.28. The Morgan fingerprint density at radius 2 is 2.06 bits per heavy atom. The van der Waals surface area contributed by atoms with Gasteiger partial charge < -0.3 is 15.4 Å². The Balaban J connectivity index is 1.79. The van der Waals surface area contributed by atoms with Crippen LogP contribution in [0.3, 0.4) is 0 Å². The van der Waals surface area contributed by atoms with Crippen LogP contribution in [-0.2, 0) is 0 Å². The van der Waals surface area contributed by atoms with Gasteiger partial charge in [0.15, 0.2) is 0 Å². The Morgan fingerprint density at radius 1 is 1.24 bits per heavy atom. The van der Waals surface area contributed by atoms with Gasteiger partial charge in [-0.25, -0.2) is 4.98 Å². The normalized spacial score (nSPS) is 25.0. The van der Waals surface area contributed by atoms with E-state index in [1.807, 2.05) is 24.3 Å². The highest BCUT2D eigenvalue weighted by Gasteiger charge is 2.23. The van der Waals surface area contributed by atoms with Gasteiger partial charge >= 0.3 is 0 Å². The zero-order valence-corrected chi connectivity index (χ0v) is 9.69. The highest BCUT2D eigenvalue weighted by Crippen LogP contribution is 2.22. The van der Waals surface area contributed by atoms with E-state index in [4.69, 9.17) is 0 Å². The van der Waals surface area contributed by atoms with E-state index in [1.54, 1.807) is 0 Å². The van der Waals surface area contributed by atoms with Crippen LogP contribution in [0.2, 0.25) is 0 Å². The summed E-state index contributed by atoms with van der Waals surface area (Å²) in [5, 5.41) is 13.2. The summed E-state index contributed by atoms with van der Waals surface area (Å²) < 4.78 is 0. The molecule has 0 spiro atoms. The van der Waals surface area contributed by atoms with Gasteiger partial charge in [0.05, 0.1) is 23.2 Å². The van der Waals surface area contributed by atoms with E-state index >= 15 is 0 Å². The lowest BCUT2D eigenvalue weighted by atomic mass is 9.93. The highest BCUT2D eigenvalue weighted by molar-refractivity contribution is 5.77. The first kappa shape index (κ1) is 10.6. The van der Waals surface area contributed by atoms with Gasteiger partial charge in [0, 0.05) is 0 Å². The summed E-state index contributed by atoms with van der Waals surface area (Å²) >= 11 is 0. The molecule has 0 unspecified atom stereocenters. The Labute approximate surface area is 100 Å². The smallest absolute Gasteiger partial charge is 0.201 e. The van der Waals surface area contributed by atoms with Crippen molar-refractivity contribution in [2.24, 2.45) is 0 Å². The van der Waals surface area contributed by atoms with E-state index < -0.39 is 0 Å². The van der Waals surface area contributed by atoms with Gasteiger partial charge in [-0.2, -0.15) is 0 Å². The Hall–Kier alpha value is -1.55. The number of anilines is 1. The average molecular weight is 231 g/mol. The van der Waals surface area contributed by atoms with Gasteiger partial charge in [-0.3, -0.25) is 0 Å². The van der Waals surface area contributed by atoms with Gasteiger partial charge in [0.1, 0.15) is 0 Å². The molecule has 0 aliphatic heterocycles. The van der Waals surface area contributed by atoms with Crippen molar-refractivity contribution in [1.29, 1.82) is 0 Å². The number of aliphatic hydroxyl groups excluding tert-OH is 1. The van der Waals surface area contributed by atoms with Crippen molar-refractivity contribution in [3.05, 3.63) is 24.3 Å². The third-order valence-corrected chi connectivity index (χ3v) is 3.44. The molecule has 2 aromatic rings. The number of nitrogens with one attached hydrogen (secondary N) is 2. The predicted molar refractivity (Wildman–Crippen MR) is 68.0 cm³/mol. The summed E-state index contributed by atoms with van der Waals surface area (Å²) in [4.78, 5) is 7.69. The zero-order chi connectivity index (χ0) is 11.7. The summed E-state index contributed by atoms with van der Waals surface area (Å²) in [6, 6.07) is 8.07. The first-order valence-corrected chi connectivity index (χ1v) is 6.22. The van der Waals surface area contributed by atoms with E-state index in [0.717, 1.165) is 36.2 Å². The van der Waals surface area contributed by atoms with E-state index in [0.29, 0.717) is 0 Å². The fourth-order valence-electron chi connectivity index (χ4n) is 2.48. The summed E-state index contributed by atoms with van der Waals surface area (Å²) in [5.41, 5.74) is 1.99. The molecule has 1 aromatic heterocycles. The number of imidazole rings is 1. The van der Waals surface area contributed by atoms with Gasteiger partial charge in [-0.1, -0.05) is 25.0 Å². The Bertz CT molecular complexity index is 475. The molecule has 90 valence electrons. The van der Waals surface area contributed by atoms with E-state index in [-0.39, 0.29) is 12.1 Å². The molecule has 1 aromatic carbocycles. The van der Waals surface area contributed by atoms with Crippen molar-refractivity contribution >= 4 is 17.0 Å². The summed E-state index contributed by atoms with van der Waals surface area (Å²) in [7, 11) is 0. The van der Waals surface area contributed by atoms with Crippen molar-refractivity contribution in [1.82, 2.24) is 9.97 Å². The highest BCUT2D eigenvalue weighted by atomic mass is 16.3. The van der Waals surface area contributed by atoms with Crippen LogP contribution < -0.4 is 5.32 Å². The second kappa shape index (κ2) is 4.37. The molecule has 3 rings (SSSR count). The van der Waals surface area contributed by atoms with Crippen LogP contribution in [-0.4, -0.2) is 27.2 Å². The molecule has 1 saturated carbocycles. The van der Waals surface area contributed by atoms with Gasteiger partial charge in [0.2, 0.25) is 5.95 Å². The zero-order valence-electron chi connectivity index (χ0n) is 9.69. The second-order valence-electron chi connectivity index (χ2n) is 4.71. The number of aromatic amines is 1. The Morgan fingerprint density at radius 3 is 2.88 bits per heavy atom. The monoisotopic (exact) mass is 231 g/mol. The maximum Gasteiger partial charge on any atom is 0.201 e. The minimum Gasteiger partial charge on any atom is -0.391 e. The van der Waals surface area contributed by atoms with E-state index in [9.17, 15) is 5.11 Å². The molecular formula is C13H17N3O. The van der Waals surface area contributed by atoms with Crippen molar-refractivity contribution in [2.75, 3.05) is 5.32 Å². The van der Waals surface area contributed by atoms with Crippen molar-refractivity contribution in [2.45, 2.75) is 37.8 Å². The molecule has 1 aliphatic carbocycles. The van der Waals surface area contributed by atoms with Crippen LogP contribution in [0.4, 0.5) is 5.95 Å². The lowest BCUT2D eigenvalue weighted by Crippen LogP contribution is -2.36. The first-order valence-electron chi connectivity index (χ1n) is 6.22. The maximum absolute atomic E-state index is 9.90. The molecule has 0 bridgehead atoms. The minimum absolute atomic E-state index is 0.129. The van der Waals surface area contributed by atoms with Crippen LogP contribution in [0, 0.1) is 0 Å². The summed E-state index contributed by atoms with van der Waals surface area (Å²) in [6.45, 7) is 0. The van der Waals surface area contributed by atoms with E-state index in [1.165, 1.54) is 6.42 Å². The minimum atomic E-state index is -0.253. The molecule has 0 saturated heterocycles. The Kier molecular flexibility index (Phi) is 2.73. The molecule has 4 heteroatoms. The molecule has 1 heterocycles. The van der Waals surface area contributed by atoms with Crippen molar-refractivity contribution < 1.29 is 5.11 Å². The number of hydrogen-bond donors (Lipinski definition) is 3. The predicted octanol–water partition coefficient (Wildman–Crippen LogP) is 2.28. The largest absolute Gasteiger partial charge is 0.391 e. The third-order valence-electron chi connectivity index (χ3n) is 3.44. The topological polar surface area (TPSA) is 60.9 Å². The molecule has 1 fully saturated rings. The number of aromatic nitrogens is 2. The molecule has 3 N–H and O–H groups in total. The van der Waals surface area contributed by atoms with Crippen LogP contribution in [0.5, 0.6) is 0 Å². The second-order valence-corrected chi connectivity index (χ2v) is 4.71. The number of hydrogen-bond acceptors (Lipinski definition) is 3. The van der Waals surface area contributed by atoms with Crippen LogP contribution in [0.25, 0.3) is 11.0 Å². The quantitative estimate of drug-likeness (QED) is 0.743. The molecule has 2 atom stereocenters. The molecule has 4 nitrogen and oxygen atoms in total. The van der Waals surface area contributed by atoms with Crippen LogP contribution in [0.1, 0.15) is 25.7 Å². The number of rotatable bonds is 2. The van der Waals surface area contributed by atoms with Crippen molar-refractivity contribution in [3.63, 3.8) is 0 Å². The molecule has 0 radical (unpaired) electrons. The van der Waals surface area contributed by atoms with E-state index in [2.05, 4.69) is 15.3 Å². The molecular weight excluding hydrogens is 214 g/mol. The SMILES string of the molecule is O[C@H]1CCCC[C@@H]1Nc1nc2ccccc2[nH]1. The number of aliphatic hydroxyl groups is 1. The lowest BCUT2D eigenvalue weighted by molar-refractivity contribution is 0.116. The first-order chi connectivity index (χ1) is 8.33. The third kappa shape index (κ3) is 2.13. The van der Waals surface area contributed by atoms with Crippen LogP contribution in [0.15, 0.2) is 24.3 Å². The molecule has 1 aliphatic rings. The van der Waals surface area contributed by atoms with Crippen LogP contribution >= 0.6 is 0 Å². The molecule has 17 heavy (non-hydrogen) atoms. The van der Waals surface area contributed by atoms with Crippen molar-refractivity contribution in [3.8, 4) is 0 Å². The number of benzene rings is 1. The number of para-hydroxylation sites is 2. The standard InChI is InChI=1S/C13H17N3O/c17-12-8-4-3-7-11(12)16-13-14-9-5-1-2-6-10(9)15-13/h1-2,5-6,11-12,17H,3-4,7-8H2,(H2,14,15,16)/t11-,12-/m0/s1. The number of fused-ring (bicyclic) bond motifs is 1.